The lowest BCUT2D eigenvalue weighted by atomic mass is 9.85. The summed E-state index contributed by atoms with van der Waals surface area (Å²) in [5, 5.41) is 5.64. The Bertz CT molecular complexity index is 854. The third-order valence-corrected chi connectivity index (χ3v) is 4.76. The minimum atomic E-state index is -1.26. The summed E-state index contributed by atoms with van der Waals surface area (Å²) in [6, 6.07) is 14.0. The van der Waals surface area contributed by atoms with Crippen LogP contribution in [0.15, 0.2) is 48.5 Å². The number of carbonyl (C=O) groups excluding carboxylic acids is 2. The van der Waals surface area contributed by atoms with Gasteiger partial charge in [-0.2, -0.15) is 0 Å². The Hall–Kier alpha value is -2.69. The van der Waals surface area contributed by atoms with Crippen molar-refractivity contribution < 1.29 is 14.0 Å². The lowest BCUT2D eigenvalue weighted by Crippen LogP contribution is -2.45. The van der Waals surface area contributed by atoms with Crippen LogP contribution in [0.1, 0.15) is 45.7 Å². The highest BCUT2D eigenvalue weighted by Gasteiger charge is 2.36. The molecule has 2 amide bonds. The monoisotopic (exact) mass is 384 g/mol. The van der Waals surface area contributed by atoms with Crippen molar-refractivity contribution >= 4 is 17.5 Å². The molecule has 2 N–H and O–H groups in total. The van der Waals surface area contributed by atoms with Gasteiger partial charge in [-0.05, 0) is 48.9 Å². The highest BCUT2D eigenvalue weighted by atomic mass is 19.1. The highest BCUT2D eigenvalue weighted by molar-refractivity contribution is 6.10. The zero-order valence-corrected chi connectivity index (χ0v) is 17.2. The largest absolute Gasteiger partial charge is 0.355 e. The van der Waals surface area contributed by atoms with E-state index in [0.717, 1.165) is 5.56 Å². The molecule has 0 bridgehead atoms. The standard InChI is InChI=1S/C23H29FN2O2/c1-22(2,3)17-11-7-9-13-19(17)26-21(28)23(4,5)20(27)25-15-14-16-10-6-8-12-18(16)24/h6-13H,14-15H2,1-5H3,(H,25,27)(H,26,28). The second-order valence-corrected chi connectivity index (χ2v) is 8.47. The molecule has 5 heteroatoms. The minimum Gasteiger partial charge on any atom is -0.355 e. The first kappa shape index (κ1) is 21.6. The molecule has 0 aliphatic heterocycles. The van der Waals surface area contributed by atoms with E-state index in [1.807, 2.05) is 24.3 Å². The summed E-state index contributed by atoms with van der Waals surface area (Å²) in [7, 11) is 0. The maximum absolute atomic E-state index is 13.7. The van der Waals surface area contributed by atoms with Gasteiger partial charge in [-0.25, -0.2) is 4.39 Å². The van der Waals surface area contributed by atoms with Crippen molar-refractivity contribution in [1.29, 1.82) is 0 Å². The van der Waals surface area contributed by atoms with Crippen molar-refractivity contribution in [3.05, 3.63) is 65.5 Å². The molecule has 2 rings (SSSR count). The average molecular weight is 384 g/mol. The normalized spacial score (nSPS) is 11.8. The molecule has 150 valence electrons. The Kier molecular flexibility index (Phi) is 6.60. The fourth-order valence-corrected chi connectivity index (χ4v) is 2.86. The fourth-order valence-electron chi connectivity index (χ4n) is 2.86. The van der Waals surface area contributed by atoms with Crippen LogP contribution in [0.25, 0.3) is 0 Å². The Balaban J connectivity index is 2.02. The molecule has 2 aromatic rings. The minimum absolute atomic E-state index is 0.143. The molecular formula is C23H29FN2O2. The van der Waals surface area contributed by atoms with Crippen LogP contribution in [0, 0.1) is 11.2 Å². The molecule has 0 saturated carbocycles. The number of para-hydroxylation sites is 1. The van der Waals surface area contributed by atoms with E-state index in [1.54, 1.807) is 32.0 Å². The molecule has 0 aliphatic carbocycles. The molecular weight excluding hydrogens is 355 g/mol. The van der Waals surface area contributed by atoms with Crippen molar-refractivity contribution in [1.82, 2.24) is 5.32 Å². The quantitative estimate of drug-likeness (QED) is 0.723. The van der Waals surface area contributed by atoms with Crippen molar-refractivity contribution in [2.75, 3.05) is 11.9 Å². The summed E-state index contributed by atoms with van der Waals surface area (Å²) in [4.78, 5) is 25.4. The molecule has 0 spiro atoms. The lowest BCUT2D eigenvalue weighted by molar-refractivity contribution is -0.138. The van der Waals surface area contributed by atoms with Gasteiger partial charge in [0.25, 0.3) is 0 Å². The Morgan fingerprint density at radius 1 is 0.893 bits per heavy atom. The van der Waals surface area contributed by atoms with E-state index in [4.69, 9.17) is 0 Å². The predicted octanol–water partition coefficient (Wildman–Crippen LogP) is 4.45. The van der Waals surface area contributed by atoms with Gasteiger partial charge in [0, 0.05) is 12.2 Å². The van der Waals surface area contributed by atoms with Gasteiger partial charge in [-0.15, -0.1) is 0 Å². The van der Waals surface area contributed by atoms with E-state index in [9.17, 15) is 14.0 Å². The first-order valence-electron chi connectivity index (χ1n) is 9.46. The summed E-state index contributed by atoms with van der Waals surface area (Å²) in [6.07, 6.45) is 0.364. The lowest BCUT2D eigenvalue weighted by Gasteiger charge is -2.26. The predicted molar refractivity (Wildman–Crippen MR) is 111 cm³/mol. The molecule has 0 heterocycles. The average Bonchev–Trinajstić information content (AvgIpc) is 2.62. The van der Waals surface area contributed by atoms with Gasteiger partial charge >= 0.3 is 0 Å². The molecule has 0 unspecified atom stereocenters. The van der Waals surface area contributed by atoms with E-state index in [2.05, 4.69) is 31.4 Å². The summed E-state index contributed by atoms with van der Waals surface area (Å²) in [5.74, 6) is -1.07. The second kappa shape index (κ2) is 8.55. The SMILES string of the molecule is CC(C)(C(=O)NCCc1ccccc1F)C(=O)Nc1ccccc1C(C)(C)C. The molecule has 0 saturated heterocycles. The Morgan fingerprint density at radius 3 is 2.14 bits per heavy atom. The van der Waals surface area contributed by atoms with E-state index in [0.29, 0.717) is 17.7 Å². The number of nitrogens with one attached hydrogen (secondary N) is 2. The summed E-state index contributed by atoms with van der Waals surface area (Å²) >= 11 is 0. The molecule has 0 fully saturated rings. The number of rotatable bonds is 6. The topological polar surface area (TPSA) is 58.2 Å². The van der Waals surface area contributed by atoms with Gasteiger partial charge in [0.2, 0.25) is 11.8 Å². The number of hydrogen-bond donors (Lipinski definition) is 2. The van der Waals surface area contributed by atoms with E-state index in [-0.39, 0.29) is 23.7 Å². The van der Waals surface area contributed by atoms with E-state index >= 15 is 0 Å². The van der Waals surface area contributed by atoms with Crippen LogP contribution < -0.4 is 10.6 Å². The molecule has 0 radical (unpaired) electrons. The van der Waals surface area contributed by atoms with Crippen LogP contribution in [0.4, 0.5) is 10.1 Å². The van der Waals surface area contributed by atoms with Crippen molar-refractivity contribution in [3.8, 4) is 0 Å². The first-order valence-corrected chi connectivity index (χ1v) is 9.46. The van der Waals surface area contributed by atoms with Crippen LogP contribution in [0.2, 0.25) is 0 Å². The molecule has 4 nitrogen and oxygen atoms in total. The first-order chi connectivity index (χ1) is 13.0. The summed E-state index contributed by atoms with van der Waals surface area (Å²) in [5.41, 5.74) is 0.825. The van der Waals surface area contributed by atoms with Gasteiger partial charge in [-0.1, -0.05) is 57.2 Å². The smallest absolute Gasteiger partial charge is 0.239 e. The Labute approximate surface area is 166 Å². The number of benzene rings is 2. The molecule has 0 aliphatic rings. The maximum atomic E-state index is 13.7. The molecule has 0 atom stereocenters. The summed E-state index contributed by atoms with van der Waals surface area (Å²) < 4.78 is 13.7. The van der Waals surface area contributed by atoms with E-state index < -0.39 is 11.3 Å². The molecule has 28 heavy (non-hydrogen) atoms. The zero-order chi connectivity index (χ0) is 20.9. The number of carbonyl (C=O) groups is 2. The van der Waals surface area contributed by atoms with Crippen LogP contribution >= 0.6 is 0 Å². The van der Waals surface area contributed by atoms with Crippen LogP contribution in [0.3, 0.4) is 0 Å². The van der Waals surface area contributed by atoms with Gasteiger partial charge in [0.15, 0.2) is 0 Å². The number of hydrogen-bond acceptors (Lipinski definition) is 2. The molecule has 2 aromatic carbocycles. The highest BCUT2D eigenvalue weighted by Crippen LogP contribution is 2.30. The third-order valence-electron chi connectivity index (χ3n) is 4.76. The van der Waals surface area contributed by atoms with Crippen LogP contribution in [-0.2, 0) is 21.4 Å². The van der Waals surface area contributed by atoms with Gasteiger partial charge < -0.3 is 10.6 Å². The Morgan fingerprint density at radius 2 is 1.50 bits per heavy atom. The number of anilines is 1. The van der Waals surface area contributed by atoms with Crippen molar-refractivity contribution in [2.45, 2.75) is 46.5 Å². The number of halogens is 1. The zero-order valence-electron chi connectivity index (χ0n) is 17.2. The van der Waals surface area contributed by atoms with Gasteiger partial charge in [0.1, 0.15) is 11.2 Å². The van der Waals surface area contributed by atoms with Crippen LogP contribution in [-0.4, -0.2) is 18.4 Å². The number of amides is 2. The van der Waals surface area contributed by atoms with Crippen molar-refractivity contribution in [3.63, 3.8) is 0 Å². The second-order valence-electron chi connectivity index (χ2n) is 8.47. The molecule has 0 aromatic heterocycles. The van der Waals surface area contributed by atoms with Crippen LogP contribution in [0.5, 0.6) is 0 Å². The van der Waals surface area contributed by atoms with Gasteiger partial charge in [-0.3, -0.25) is 9.59 Å². The van der Waals surface area contributed by atoms with E-state index in [1.165, 1.54) is 6.07 Å². The summed E-state index contributed by atoms with van der Waals surface area (Å²) in [6.45, 7) is 9.63. The van der Waals surface area contributed by atoms with Gasteiger partial charge in [0.05, 0.1) is 0 Å². The fraction of sp³-hybridized carbons (Fsp3) is 0.391. The maximum Gasteiger partial charge on any atom is 0.239 e. The van der Waals surface area contributed by atoms with Crippen molar-refractivity contribution in [2.24, 2.45) is 5.41 Å². The third kappa shape index (κ3) is 5.18.